The lowest BCUT2D eigenvalue weighted by molar-refractivity contribution is -0.384. The van der Waals surface area contributed by atoms with Crippen molar-refractivity contribution < 1.29 is 28.8 Å². The maximum absolute atomic E-state index is 12.4. The third-order valence-corrected chi connectivity index (χ3v) is 3.92. The Kier molecular flexibility index (Phi) is 7.45. The molecule has 0 fully saturated rings. The topological polar surface area (TPSA) is 128 Å². The second-order valence-electron chi connectivity index (χ2n) is 6.24. The maximum Gasteiger partial charge on any atom is 0.341 e. The molecule has 2 rings (SSSR count). The van der Waals surface area contributed by atoms with Crippen LogP contribution in [0.2, 0.25) is 0 Å². The lowest BCUT2D eigenvalue weighted by atomic mass is 10.1. The quantitative estimate of drug-likeness (QED) is 0.396. The van der Waals surface area contributed by atoms with Crippen molar-refractivity contribution in [1.29, 1.82) is 0 Å². The Balaban J connectivity index is 2.11. The minimum absolute atomic E-state index is 0.0473. The van der Waals surface area contributed by atoms with Crippen LogP contribution in [0, 0.1) is 10.1 Å². The van der Waals surface area contributed by atoms with E-state index in [1.165, 1.54) is 24.3 Å². The molecule has 1 N–H and O–H groups in total. The summed E-state index contributed by atoms with van der Waals surface area (Å²) in [4.78, 5) is 48.6. The molecule has 2 aromatic carbocycles. The van der Waals surface area contributed by atoms with Crippen LogP contribution >= 0.6 is 0 Å². The summed E-state index contributed by atoms with van der Waals surface area (Å²) in [5.41, 5.74) is 0.446. The number of hydrogen-bond acceptors (Lipinski definition) is 8. The number of nitrogens with one attached hydrogen (secondary N) is 1. The third kappa shape index (κ3) is 5.53. The van der Waals surface area contributed by atoms with Gasteiger partial charge in [0.1, 0.15) is 0 Å². The van der Waals surface area contributed by atoms with Gasteiger partial charge in [0.05, 0.1) is 34.0 Å². The number of non-ortho nitro benzene ring substituents is 1. The number of amides is 1. The number of nitro benzene ring substituents is 1. The molecule has 0 saturated heterocycles. The van der Waals surface area contributed by atoms with Crippen molar-refractivity contribution in [3.63, 3.8) is 0 Å². The number of benzene rings is 2. The average molecular weight is 415 g/mol. The molecule has 30 heavy (non-hydrogen) atoms. The number of esters is 2. The summed E-state index contributed by atoms with van der Waals surface area (Å²) in [7, 11) is 3.33. The minimum atomic E-state index is -0.892. The van der Waals surface area contributed by atoms with Crippen molar-refractivity contribution in [2.45, 2.75) is 6.92 Å². The van der Waals surface area contributed by atoms with Gasteiger partial charge < -0.3 is 19.7 Å². The van der Waals surface area contributed by atoms with E-state index in [0.29, 0.717) is 5.69 Å². The number of ether oxygens (including phenoxy) is 2. The van der Waals surface area contributed by atoms with Crippen LogP contribution in [0.3, 0.4) is 0 Å². The highest BCUT2D eigenvalue weighted by Gasteiger charge is 2.21. The molecular formula is C20H21N3O7. The molecule has 158 valence electrons. The van der Waals surface area contributed by atoms with E-state index >= 15 is 0 Å². The number of anilines is 2. The lowest BCUT2D eigenvalue weighted by Crippen LogP contribution is -2.23. The van der Waals surface area contributed by atoms with Crippen LogP contribution < -0.4 is 10.2 Å². The molecular weight excluding hydrogens is 394 g/mol. The standard InChI is InChI=1S/C20H21N3O7/c1-4-29-19(25)14-7-5-6-8-16(14)21-18(24)12-30-20(26)15-11-13(23(27)28)9-10-17(15)22(2)3/h5-11H,4,12H2,1-3H3,(H,21,24). The molecule has 0 aliphatic rings. The zero-order chi connectivity index (χ0) is 22.3. The summed E-state index contributed by atoms with van der Waals surface area (Å²) in [5.74, 6) is -2.18. The van der Waals surface area contributed by atoms with Crippen LogP contribution in [0.1, 0.15) is 27.6 Å². The van der Waals surface area contributed by atoms with Crippen molar-refractivity contribution in [2.75, 3.05) is 37.5 Å². The average Bonchev–Trinajstić information content (AvgIpc) is 2.72. The first-order chi connectivity index (χ1) is 14.2. The highest BCUT2D eigenvalue weighted by Crippen LogP contribution is 2.25. The fraction of sp³-hybridized carbons (Fsp3) is 0.250. The molecule has 2 aromatic rings. The van der Waals surface area contributed by atoms with E-state index in [4.69, 9.17) is 9.47 Å². The van der Waals surface area contributed by atoms with Crippen molar-refractivity contribution in [3.05, 3.63) is 63.7 Å². The molecule has 0 aromatic heterocycles. The zero-order valence-electron chi connectivity index (χ0n) is 16.7. The number of rotatable bonds is 8. The second kappa shape index (κ2) is 10.0. The van der Waals surface area contributed by atoms with E-state index in [2.05, 4.69) is 5.32 Å². The van der Waals surface area contributed by atoms with Gasteiger partial charge in [-0.1, -0.05) is 12.1 Å². The summed E-state index contributed by atoms with van der Waals surface area (Å²) in [6, 6.07) is 10.0. The lowest BCUT2D eigenvalue weighted by Gasteiger charge is -2.16. The minimum Gasteiger partial charge on any atom is -0.462 e. The van der Waals surface area contributed by atoms with Crippen LogP contribution in [0.4, 0.5) is 17.1 Å². The highest BCUT2D eigenvalue weighted by molar-refractivity contribution is 6.03. The molecule has 0 aliphatic heterocycles. The largest absolute Gasteiger partial charge is 0.462 e. The van der Waals surface area contributed by atoms with Crippen LogP contribution in [-0.4, -0.2) is 50.1 Å². The number of carbonyl (C=O) groups is 3. The second-order valence-corrected chi connectivity index (χ2v) is 6.24. The van der Waals surface area contributed by atoms with Crippen LogP contribution in [0.15, 0.2) is 42.5 Å². The van der Waals surface area contributed by atoms with Crippen LogP contribution in [0.25, 0.3) is 0 Å². The smallest absolute Gasteiger partial charge is 0.341 e. The number of para-hydroxylation sites is 1. The Labute approximate surface area is 172 Å². The van der Waals surface area contributed by atoms with Gasteiger partial charge in [-0.3, -0.25) is 14.9 Å². The first kappa shape index (κ1) is 22.3. The van der Waals surface area contributed by atoms with Gasteiger partial charge >= 0.3 is 11.9 Å². The Hall–Kier alpha value is -3.95. The van der Waals surface area contributed by atoms with Gasteiger partial charge in [0.25, 0.3) is 11.6 Å². The summed E-state index contributed by atoms with van der Waals surface area (Å²) in [6.45, 7) is 1.19. The maximum atomic E-state index is 12.4. The zero-order valence-corrected chi connectivity index (χ0v) is 16.7. The molecule has 10 heteroatoms. The molecule has 0 heterocycles. The molecule has 0 spiro atoms. The third-order valence-electron chi connectivity index (χ3n) is 3.92. The number of nitro groups is 1. The fourth-order valence-electron chi connectivity index (χ4n) is 2.57. The Morgan fingerprint density at radius 2 is 1.70 bits per heavy atom. The number of carbonyl (C=O) groups excluding carboxylic acids is 3. The Morgan fingerprint density at radius 3 is 2.33 bits per heavy atom. The normalized spacial score (nSPS) is 10.1. The molecule has 0 unspecified atom stereocenters. The predicted octanol–water partition coefficient (Wildman–Crippen LogP) is 2.63. The number of hydrogen-bond donors (Lipinski definition) is 1. The predicted molar refractivity (Wildman–Crippen MR) is 109 cm³/mol. The first-order valence-corrected chi connectivity index (χ1v) is 8.93. The van der Waals surface area contributed by atoms with Gasteiger partial charge in [-0.05, 0) is 25.1 Å². The molecule has 0 atom stereocenters. The molecule has 0 aliphatic carbocycles. The molecule has 0 radical (unpaired) electrons. The van der Waals surface area contributed by atoms with Gasteiger partial charge in [-0.25, -0.2) is 9.59 Å². The fourth-order valence-corrected chi connectivity index (χ4v) is 2.57. The van der Waals surface area contributed by atoms with Gasteiger partial charge in [0.2, 0.25) is 0 Å². The van der Waals surface area contributed by atoms with E-state index in [9.17, 15) is 24.5 Å². The molecule has 1 amide bonds. The first-order valence-electron chi connectivity index (χ1n) is 8.93. The van der Waals surface area contributed by atoms with Gasteiger partial charge in [-0.15, -0.1) is 0 Å². The van der Waals surface area contributed by atoms with E-state index < -0.39 is 29.4 Å². The van der Waals surface area contributed by atoms with Crippen molar-refractivity contribution in [3.8, 4) is 0 Å². The summed E-state index contributed by atoms with van der Waals surface area (Å²) in [5, 5.41) is 13.5. The summed E-state index contributed by atoms with van der Waals surface area (Å²) >= 11 is 0. The van der Waals surface area contributed by atoms with E-state index in [1.54, 1.807) is 38.1 Å². The Bertz CT molecular complexity index is 973. The molecule has 0 bridgehead atoms. The monoisotopic (exact) mass is 415 g/mol. The summed E-state index contributed by atoms with van der Waals surface area (Å²) in [6.07, 6.45) is 0. The van der Waals surface area contributed by atoms with Gasteiger partial charge in [-0.2, -0.15) is 0 Å². The summed E-state index contributed by atoms with van der Waals surface area (Å²) < 4.78 is 9.96. The van der Waals surface area contributed by atoms with E-state index in [1.807, 2.05) is 0 Å². The van der Waals surface area contributed by atoms with Gasteiger partial charge in [0, 0.05) is 26.2 Å². The van der Waals surface area contributed by atoms with E-state index in [0.717, 1.165) is 6.07 Å². The van der Waals surface area contributed by atoms with Crippen molar-refractivity contribution in [1.82, 2.24) is 0 Å². The highest BCUT2D eigenvalue weighted by atomic mass is 16.6. The Morgan fingerprint density at radius 1 is 1.03 bits per heavy atom. The van der Waals surface area contributed by atoms with Crippen molar-refractivity contribution in [2.24, 2.45) is 0 Å². The van der Waals surface area contributed by atoms with E-state index in [-0.39, 0.29) is 29.1 Å². The number of nitrogens with zero attached hydrogens (tertiary/aromatic N) is 2. The van der Waals surface area contributed by atoms with Crippen LogP contribution in [-0.2, 0) is 14.3 Å². The molecule has 0 saturated carbocycles. The van der Waals surface area contributed by atoms with Crippen molar-refractivity contribution >= 4 is 34.9 Å². The molecule has 10 nitrogen and oxygen atoms in total. The van der Waals surface area contributed by atoms with Gasteiger partial charge in [0.15, 0.2) is 6.61 Å². The van der Waals surface area contributed by atoms with Crippen LogP contribution in [0.5, 0.6) is 0 Å². The SMILES string of the molecule is CCOC(=O)c1ccccc1NC(=O)COC(=O)c1cc([N+](=O)[O-])ccc1N(C)C.